The SMILES string of the molecule is Cc1nnsc1C(=O)NC[C@H]1[C@@H]2CNC[C@@H](C2)c2cccc(=O)n21. The van der Waals surface area contributed by atoms with Crippen LogP contribution in [-0.4, -0.2) is 39.7 Å². The molecule has 1 amide bonds. The van der Waals surface area contributed by atoms with Gasteiger partial charge >= 0.3 is 0 Å². The predicted octanol–water partition coefficient (Wildman–Crippen LogP) is 0.686. The molecule has 2 aliphatic rings. The van der Waals surface area contributed by atoms with Crippen molar-refractivity contribution in [2.45, 2.75) is 25.3 Å². The highest BCUT2D eigenvalue weighted by Gasteiger charge is 2.37. The minimum atomic E-state index is -0.168. The molecule has 0 aromatic carbocycles. The van der Waals surface area contributed by atoms with Crippen LogP contribution in [0.5, 0.6) is 0 Å². The highest BCUT2D eigenvalue weighted by Crippen LogP contribution is 2.38. The molecule has 0 spiro atoms. The molecule has 3 atom stereocenters. The Morgan fingerprint density at radius 1 is 1.46 bits per heavy atom. The molecule has 2 aromatic heterocycles. The quantitative estimate of drug-likeness (QED) is 0.854. The van der Waals surface area contributed by atoms with E-state index in [1.165, 1.54) is 0 Å². The lowest BCUT2D eigenvalue weighted by Crippen LogP contribution is -2.50. The van der Waals surface area contributed by atoms with Gasteiger partial charge in [-0.15, -0.1) is 5.10 Å². The van der Waals surface area contributed by atoms with Crippen LogP contribution in [0.1, 0.15) is 39.4 Å². The lowest BCUT2D eigenvalue weighted by molar-refractivity contribution is 0.0935. The molecule has 2 N–H and O–H groups in total. The number of pyridine rings is 1. The second-order valence-corrected chi connectivity index (χ2v) is 7.23. The number of aryl methyl sites for hydroxylation is 1. The van der Waals surface area contributed by atoms with Crippen molar-refractivity contribution < 1.29 is 4.79 Å². The van der Waals surface area contributed by atoms with Crippen LogP contribution in [0.25, 0.3) is 0 Å². The molecule has 24 heavy (non-hydrogen) atoms. The highest BCUT2D eigenvalue weighted by molar-refractivity contribution is 7.07. The molecule has 1 saturated heterocycles. The first-order valence-electron chi connectivity index (χ1n) is 8.14. The van der Waals surface area contributed by atoms with Crippen molar-refractivity contribution in [1.82, 2.24) is 24.8 Å². The van der Waals surface area contributed by atoms with Gasteiger partial charge < -0.3 is 15.2 Å². The smallest absolute Gasteiger partial charge is 0.265 e. The first-order chi connectivity index (χ1) is 11.6. The number of nitrogens with zero attached hydrogens (tertiary/aromatic N) is 3. The average Bonchev–Trinajstić information content (AvgIpc) is 3.01. The predicted molar refractivity (Wildman–Crippen MR) is 90.4 cm³/mol. The summed E-state index contributed by atoms with van der Waals surface area (Å²) in [6.45, 7) is 3.99. The van der Waals surface area contributed by atoms with Crippen molar-refractivity contribution in [1.29, 1.82) is 0 Å². The number of amides is 1. The van der Waals surface area contributed by atoms with E-state index in [4.69, 9.17) is 0 Å². The number of carbonyl (C=O) groups excluding carboxylic acids is 1. The number of aromatic nitrogens is 3. The first kappa shape index (κ1) is 15.5. The molecule has 4 rings (SSSR count). The summed E-state index contributed by atoms with van der Waals surface area (Å²) in [5.74, 6) is 0.550. The summed E-state index contributed by atoms with van der Waals surface area (Å²) in [6.07, 6.45) is 1.05. The van der Waals surface area contributed by atoms with E-state index in [0.717, 1.165) is 36.7 Å². The van der Waals surface area contributed by atoms with Gasteiger partial charge in [0.25, 0.3) is 11.5 Å². The molecule has 1 fully saturated rings. The Bertz CT molecular complexity index is 830. The molecule has 2 aliphatic heterocycles. The monoisotopic (exact) mass is 345 g/mol. The van der Waals surface area contributed by atoms with Crippen LogP contribution >= 0.6 is 11.5 Å². The zero-order chi connectivity index (χ0) is 16.7. The summed E-state index contributed by atoms with van der Waals surface area (Å²) in [6, 6.07) is 5.43. The molecule has 126 valence electrons. The number of nitrogens with one attached hydrogen (secondary N) is 2. The molecule has 0 aliphatic carbocycles. The fourth-order valence-corrected chi connectivity index (χ4v) is 4.46. The van der Waals surface area contributed by atoms with Gasteiger partial charge in [0.15, 0.2) is 0 Å². The van der Waals surface area contributed by atoms with E-state index in [-0.39, 0.29) is 17.5 Å². The lowest BCUT2D eigenvalue weighted by Gasteiger charge is -2.43. The van der Waals surface area contributed by atoms with Crippen molar-refractivity contribution in [3.8, 4) is 0 Å². The topological polar surface area (TPSA) is 88.9 Å². The maximum atomic E-state index is 12.4. The van der Waals surface area contributed by atoms with Gasteiger partial charge in [-0.05, 0) is 36.9 Å². The van der Waals surface area contributed by atoms with Crippen molar-refractivity contribution in [3.05, 3.63) is 44.8 Å². The van der Waals surface area contributed by atoms with Gasteiger partial charge in [-0.2, -0.15) is 0 Å². The molecule has 0 saturated carbocycles. The second-order valence-electron chi connectivity index (χ2n) is 6.47. The highest BCUT2D eigenvalue weighted by atomic mass is 32.1. The molecule has 4 heterocycles. The minimum absolute atomic E-state index is 0.0130. The Balaban J connectivity index is 1.61. The van der Waals surface area contributed by atoms with Crippen molar-refractivity contribution in [3.63, 3.8) is 0 Å². The third kappa shape index (κ3) is 2.55. The zero-order valence-electron chi connectivity index (χ0n) is 13.4. The lowest BCUT2D eigenvalue weighted by atomic mass is 9.79. The van der Waals surface area contributed by atoms with E-state index in [2.05, 4.69) is 20.2 Å². The summed E-state index contributed by atoms with van der Waals surface area (Å²) in [4.78, 5) is 25.3. The number of piperidine rings is 1. The molecule has 2 aromatic rings. The number of rotatable bonds is 3. The van der Waals surface area contributed by atoms with Crippen LogP contribution in [0.3, 0.4) is 0 Å². The molecular formula is C16H19N5O2S. The van der Waals surface area contributed by atoms with Crippen LogP contribution in [0.4, 0.5) is 0 Å². The Labute approximate surface area is 143 Å². The number of hydrogen-bond donors (Lipinski definition) is 2. The summed E-state index contributed by atoms with van der Waals surface area (Å²) in [7, 11) is 0. The van der Waals surface area contributed by atoms with E-state index in [1.54, 1.807) is 13.0 Å². The van der Waals surface area contributed by atoms with Crippen molar-refractivity contribution in [2.24, 2.45) is 5.92 Å². The van der Waals surface area contributed by atoms with Crippen LogP contribution in [0, 0.1) is 12.8 Å². The first-order valence-corrected chi connectivity index (χ1v) is 8.92. The summed E-state index contributed by atoms with van der Waals surface area (Å²) >= 11 is 1.10. The van der Waals surface area contributed by atoms with E-state index in [1.807, 2.05) is 16.7 Å². The molecule has 2 bridgehead atoms. The Morgan fingerprint density at radius 2 is 2.33 bits per heavy atom. The third-order valence-corrected chi connectivity index (χ3v) is 5.86. The van der Waals surface area contributed by atoms with E-state index >= 15 is 0 Å². The number of fused-ring (bicyclic) bond motifs is 4. The van der Waals surface area contributed by atoms with E-state index in [0.29, 0.717) is 29.0 Å². The van der Waals surface area contributed by atoms with Gasteiger partial charge in [0.2, 0.25) is 0 Å². The zero-order valence-corrected chi connectivity index (χ0v) is 14.2. The largest absolute Gasteiger partial charge is 0.349 e. The third-order valence-electron chi connectivity index (χ3n) is 5.03. The Hall–Kier alpha value is -2.06. The Kier molecular flexibility index (Phi) is 3.93. The fraction of sp³-hybridized carbons (Fsp3) is 0.500. The molecule has 7 nitrogen and oxygen atoms in total. The molecule has 0 unspecified atom stereocenters. The van der Waals surface area contributed by atoms with Crippen LogP contribution in [0.2, 0.25) is 0 Å². The standard InChI is InChI=1S/C16H19N5O2S/c1-9-15(24-20-19-9)16(23)18-8-13-11-5-10(6-17-7-11)12-3-2-4-14(22)21(12)13/h2-4,10-11,13,17H,5-8H2,1H3,(H,18,23)/t10-,11+,13+/m1/s1. The van der Waals surface area contributed by atoms with Gasteiger partial charge in [-0.3, -0.25) is 9.59 Å². The van der Waals surface area contributed by atoms with Gasteiger partial charge in [0, 0.05) is 37.3 Å². The fourth-order valence-electron chi connectivity index (χ4n) is 3.88. The molecule has 0 radical (unpaired) electrons. The molecular weight excluding hydrogens is 326 g/mol. The van der Waals surface area contributed by atoms with E-state index < -0.39 is 0 Å². The summed E-state index contributed by atoms with van der Waals surface area (Å²) < 4.78 is 5.69. The van der Waals surface area contributed by atoms with E-state index in [9.17, 15) is 9.59 Å². The van der Waals surface area contributed by atoms with Crippen LogP contribution < -0.4 is 16.2 Å². The van der Waals surface area contributed by atoms with Gasteiger partial charge in [0.1, 0.15) is 4.88 Å². The van der Waals surface area contributed by atoms with Crippen LogP contribution in [-0.2, 0) is 0 Å². The summed E-state index contributed by atoms with van der Waals surface area (Å²) in [5.41, 5.74) is 1.72. The number of carbonyl (C=O) groups is 1. The summed E-state index contributed by atoms with van der Waals surface area (Å²) in [5, 5.41) is 10.3. The van der Waals surface area contributed by atoms with Crippen LogP contribution in [0.15, 0.2) is 23.0 Å². The van der Waals surface area contributed by atoms with Gasteiger partial charge in [-0.1, -0.05) is 10.6 Å². The normalized spacial score (nSPS) is 25.1. The molecule has 8 heteroatoms. The van der Waals surface area contributed by atoms with Crippen molar-refractivity contribution >= 4 is 17.4 Å². The second kappa shape index (κ2) is 6.10. The maximum Gasteiger partial charge on any atom is 0.265 e. The number of hydrogen-bond acceptors (Lipinski definition) is 6. The van der Waals surface area contributed by atoms with Crippen molar-refractivity contribution in [2.75, 3.05) is 19.6 Å². The van der Waals surface area contributed by atoms with Gasteiger partial charge in [-0.25, -0.2) is 0 Å². The Morgan fingerprint density at radius 3 is 3.12 bits per heavy atom. The minimum Gasteiger partial charge on any atom is -0.349 e. The average molecular weight is 345 g/mol. The van der Waals surface area contributed by atoms with Gasteiger partial charge in [0.05, 0.1) is 11.7 Å². The maximum absolute atomic E-state index is 12.4.